The molecule has 0 bridgehead atoms. The van der Waals surface area contributed by atoms with Crippen molar-refractivity contribution in [2.45, 2.75) is 39.9 Å². The minimum atomic E-state index is -3.15. The van der Waals surface area contributed by atoms with Gasteiger partial charge in [-0.05, 0) is 43.0 Å². The van der Waals surface area contributed by atoms with Crippen molar-refractivity contribution in [3.8, 4) is 6.07 Å². The van der Waals surface area contributed by atoms with Gasteiger partial charge in [-0.25, -0.2) is 0 Å². The summed E-state index contributed by atoms with van der Waals surface area (Å²) in [5.74, 6) is 0. The Bertz CT molecular complexity index is 557. The lowest BCUT2D eigenvalue weighted by molar-refractivity contribution is 0.219. The molecule has 0 radical (unpaired) electrons. The molecule has 0 saturated carbocycles. The zero-order valence-electron chi connectivity index (χ0n) is 12.9. The molecular formula is C15H23N2O3P. The van der Waals surface area contributed by atoms with E-state index in [1.165, 1.54) is 0 Å². The lowest BCUT2D eigenvalue weighted by atomic mass is 9.98. The quantitative estimate of drug-likeness (QED) is 0.745. The average Bonchev–Trinajstić information content (AvgIpc) is 2.42. The van der Waals surface area contributed by atoms with E-state index >= 15 is 0 Å². The second kappa shape index (κ2) is 8.31. The number of nitrogens with two attached hydrogens (primary N) is 1. The Labute approximate surface area is 126 Å². The Morgan fingerprint density at radius 1 is 1.19 bits per heavy atom. The Hall–Kier alpha value is -1.18. The van der Waals surface area contributed by atoms with Crippen molar-refractivity contribution >= 4 is 7.60 Å². The van der Waals surface area contributed by atoms with Crippen LogP contribution in [0.4, 0.5) is 0 Å². The molecule has 0 aliphatic rings. The largest absolute Gasteiger partial charge is 0.335 e. The highest BCUT2D eigenvalue weighted by Gasteiger charge is 2.25. The van der Waals surface area contributed by atoms with Gasteiger partial charge in [-0.1, -0.05) is 12.1 Å². The van der Waals surface area contributed by atoms with E-state index in [0.29, 0.717) is 26.2 Å². The molecule has 5 nitrogen and oxygen atoms in total. The van der Waals surface area contributed by atoms with Crippen LogP contribution < -0.4 is 5.73 Å². The SMILES string of the molecule is CCOP(=O)(Cc1cc(C)c(CC#N)cc1CN)OCC. The molecule has 1 rings (SSSR count). The van der Waals surface area contributed by atoms with Gasteiger partial charge in [-0.2, -0.15) is 5.26 Å². The first-order valence-corrected chi connectivity index (χ1v) is 8.78. The molecule has 0 heterocycles. The van der Waals surface area contributed by atoms with Gasteiger partial charge in [0.05, 0.1) is 31.9 Å². The van der Waals surface area contributed by atoms with E-state index in [1.807, 2.05) is 19.1 Å². The van der Waals surface area contributed by atoms with Crippen LogP contribution in [0.3, 0.4) is 0 Å². The first kappa shape index (κ1) is 17.9. The van der Waals surface area contributed by atoms with Gasteiger partial charge < -0.3 is 14.8 Å². The van der Waals surface area contributed by atoms with E-state index in [1.54, 1.807) is 13.8 Å². The van der Waals surface area contributed by atoms with Crippen LogP contribution in [0.1, 0.15) is 36.1 Å². The lowest BCUT2D eigenvalue weighted by Crippen LogP contribution is -2.07. The fourth-order valence-corrected chi connectivity index (χ4v) is 3.96. The molecule has 0 aliphatic heterocycles. The first-order valence-electron chi connectivity index (χ1n) is 7.06. The molecular weight excluding hydrogens is 287 g/mol. The van der Waals surface area contributed by atoms with Crippen molar-refractivity contribution in [2.24, 2.45) is 5.73 Å². The van der Waals surface area contributed by atoms with Gasteiger partial charge in [0.2, 0.25) is 0 Å². The van der Waals surface area contributed by atoms with E-state index < -0.39 is 7.60 Å². The van der Waals surface area contributed by atoms with Crippen LogP contribution in [-0.2, 0) is 32.7 Å². The maximum Gasteiger partial charge on any atom is 0.335 e. The number of nitrogens with zero attached hydrogens (tertiary/aromatic N) is 1. The van der Waals surface area contributed by atoms with Crippen LogP contribution in [0.2, 0.25) is 0 Å². The van der Waals surface area contributed by atoms with Crippen LogP contribution >= 0.6 is 7.60 Å². The van der Waals surface area contributed by atoms with Crippen molar-refractivity contribution in [3.05, 3.63) is 34.4 Å². The number of aryl methyl sites for hydroxylation is 1. The number of nitriles is 1. The maximum atomic E-state index is 12.6. The summed E-state index contributed by atoms with van der Waals surface area (Å²) >= 11 is 0. The molecule has 0 spiro atoms. The molecule has 0 unspecified atom stereocenters. The number of hydrogen-bond donors (Lipinski definition) is 1. The molecule has 0 amide bonds. The maximum absolute atomic E-state index is 12.6. The highest BCUT2D eigenvalue weighted by molar-refractivity contribution is 7.53. The van der Waals surface area contributed by atoms with Crippen LogP contribution in [0.25, 0.3) is 0 Å². The molecule has 116 valence electrons. The minimum absolute atomic E-state index is 0.203. The summed E-state index contributed by atoms with van der Waals surface area (Å²) in [6, 6.07) is 5.98. The molecule has 0 atom stereocenters. The Balaban J connectivity index is 3.14. The van der Waals surface area contributed by atoms with Gasteiger partial charge in [0, 0.05) is 6.54 Å². The third kappa shape index (κ3) is 4.94. The van der Waals surface area contributed by atoms with E-state index in [9.17, 15) is 4.57 Å². The molecule has 0 aromatic heterocycles. The highest BCUT2D eigenvalue weighted by Crippen LogP contribution is 2.51. The van der Waals surface area contributed by atoms with Crippen LogP contribution in [0.5, 0.6) is 0 Å². The van der Waals surface area contributed by atoms with Crippen molar-refractivity contribution in [1.29, 1.82) is 5.26 Å². The Morgan fingerprint density at radius 3 is 2.29 bits per heavy atom. The van der Waals surface area contributed by atoms with E-state index in [0.717, 1.165) is 22.3 Å². The summed E-state index contributed by atoms with van der Waals surface area (Å²) in [5.41, 5.74) is 9.46. The number of benzene rings is 1. The van der Waals surface area contributed by atoms with E-state index in [2.05, 4.69) is 6.07 Å². The zero-order valence-corrected chi connectivity index (χ0v) is 13.8. The summed E-state index contributed by atoms with van der Waals surface area (Å²) in [6.07, 6.45) is 0.544. The molecule has 1 aromatic rings. The third-order valence-corrected chi connectivity index (χ3v) is 5.19. The monoisotopic (exact) mass is 310 g/mol. The second-order valence-electron chi connectivity index (χ2n) is 4.69. The van der Waals surface area contributed by atoms with Gasteiger partial charge in [-0.15, -0.1) is 0 Å². The van der Waals surface area contributed by atoms with Gasteiger partial charge in [0.1, 0.15) is 0 Å². The number of rotatable bonds is 8. The molecule has 21 heavy (non-hydrogen) atoms. The average molecular weight is 310 g/mol. The van der Waals surface area contributed by atoms with Crippen molar-refractivity contribution < 1.29 is 13.6 Å². The molecule has 6 heteroatoms. The molecule has 1 aromatic carbocycles. The molecule has 0 fully saturated rings. The minimum Gasteiger partial charge on any atom is -0.326 e. The first-order chi connectivity index (χ1) is 9.99. The smallest absolute Gasteiger partial charge is 0.326 e. The predicted molar refractivity (Wildman–Crippen MR) is 82.9 cm³/mol. The summed E-state index contributed by atoms with van der Waals surface area (Å²) in [6.45, 7) is 6.50. The van der Waals surface area contributed by atoms with Gasteiger partial charge in [0.25, 0.3) is 0 Å². The summed E-state index contributed by atoms with van der Waals surface area (Å²) in [7, 11) is -3.15. The standard InChI is InChI=1S/C15H23N2O3P/c1-4-19-21(18,20-5-2)11-15-8-12(3)13(6-7-16)9-14(15)10-17/h8-9H,4-6,10-11,17H2,1-3H3. The molecule has 2 N–H and O–H groups in total. The third-order valence-electron chi connectivity index (χ3n) is 3.16. The summed E-state index contributed by atoms with van der Waals surface area (Å²) in [4.78, 5) is 0. The molecule has 0 aliphatic carbocycles. The fourth-order valence-electron chi connectivity index (χ4n) is 2.21. The van der Waals surface area contributed by atoms with Crippen molar-refractivity contribution in [2.75, 3.05) is 13.2 Å². The van der Waals surface area contributed by atoms with Gasteiger partial charge in [0.15, 0.2) is 0 Å². The van der Waals surface area contributed by atoms with E-state index in [4.69, 9.17) is 20.0 Å². The fraction of sp³-hybridized carbons (Fsp3) is 0.533. The van der Waals surface area contributed by atoms with Gasteiger partial charge >= 0.3 is 7.60 Å². The normalized spacial score (nSPS) is 11.4. The second-order valence-corrected chi connectivity index (χ2v) is 6.75. The highest BCUT2D eigenvalue weighted by atomic mass is 31.2. The lowest BCUT2D eigenvalue weighted by Gasteiger charge is -2.19. The van der Waals surface area contributed by atoms with Crippen LogP contribution in [0, 0.1) is 18.3 Å². The van der Waals surface area contributed by atoms with Crippen molar-refractivity contribution in [1.82, 2.24) is 0 Å². The Kier molecular flexibility index (Phi) is 7.07. The van der Waals surface area contributed by atoms with Gasteiger partial charge in [-0.3, -0.25) is 4.57 Å². The topological polar surface area (TPSA) is 85.3 Å². The van der Waals surface area contributed by atoms with Crippen molar-refractivity contribution in [3.63, 3.8) is 0 Å². The van der Waals surface area contributed by atoms with Crippen LogP contribution in [-0.4, -0.2) is 13.2 Å². The predicted octanol–water partition coefficient (Wildman–Crippen LogP) is 3.29. The number of hydrogen-bond acceptors (Lipinski definition) is 5. The molecule has 0 saturated heterocycles. The van der Waals surface area contributed by atoms with Crippen LogP contribution in [0.15, 0.2) is 12.1 Å². The van der Waals surface area contributed by atoms with E-state index in [-0.39, 0.29) is 6.16 Å². The Morgan fingerprint density at radius 2 is 1.81 bits per heavy atom. The zero-order chi connectivity index (χ0) is 15.9. The summed E-state index contributed by atoms with van der Waals surface area (Å²) < 4.78 is 23.3. The summed E-state index contributed by atoms with van der Waals surface area (Å²) in [5, 5.41) is 8.84.